The molecule has 0 bridgehead atoms. The molecule has 0 aromatic carbocycles. The van der Waals surface area contributed by atoms with E-state index in [0.717, 1.165) is 38.5 Å². The maximum absolute atomic E-state index is 10.4. The van der Waals surface area contributed by atoms with Gasteiger partial charge in [0.1, 0.15) is 18.5 Å². The topological polar surface area (TPSA) is 120 Å². The Morgan fingerprint density at radius 1 is 0.203 bits per heavy atom. The first-order valence-electron chi connectivity index (χ1n) is 28.2. The molecular formula is C54H111FeO6P3+3. The molecule has 0 aliphatic heterocycles. The molecule has 0 saturated carbocycles. The van der Waals surface area contributed by atoms with Crippen LogP contribution in [0, 0.1) is 0 Å². The van der Waals surface area contributed by atoms with E-state index in [0.29, 0.717) is 18.5 Å². The minimum atomic E-state index is -2.14. The average Bonchev–Trinajstić information content (AvgIpc) is 3.26. The van der Waals surface area contributed by atoms with E-state index in [-0.39, 0.29) is 17.1 Å². The third-order valence-corrected chi connectivity index (χ3v) is 14.6. The van der Waals surface area contributed by atoms with Gasteiger partial charge in [-0.25, -0.2) is 0 Å². The Morgan fingerprint density at radius 3 is 0.391 bits per heavy atom. The van der Waals surface area contributed by atoms with Gasteiger partial charge in [0.2, 0.25) is 0 Å². The van der Waals surface area contributed by atoms with Crippen molar-refractivity contribution < 1.29 is 45.4 Å². The van der Waals surface area contributed by atoms with Gasteiger partial charge in [-0.05, 0) is 38.5 Å². The van der Waals surface area contributed by atoms with Crippen LogP contribution in [0.5, 0.6) is 0 Å². The van der Waals surface area contributed by atoms with Crippen LogP contribution < -0.4 is 14.7 Å². The minimum Gasteiger partial charge on any atom is -0.596 e. The third-order valence-electron chi connectivity index (χ3n) is 12.6. The normalized spacial score (nSPS) is 11.6. The van der Waals surface area contributed by atoms with Crippen LogP contribution in [0.2, 0.25) is 0 Å². The van der Waals surface area contributed by atoms with E-state index in [1.165, 1.54) is 270 Å². The standard InChI is InChI=1S/3C18H37O2P.Fe/c3*1-2-3-4-5-6-7-8-9-10-11-12-13-14-15-16-17-18-21(19)20;/h3*2-18H2,1H3;/q;;;+3. The summed E-state index contributed by atoms with van der Waals surface area (Å²) in [5.41, 5.74) is 0. The van der Waals surface area contributed by atoms with Crippen LogP contribution in [0.1, 0.15) is 329 Å². The predicted octanol–water partition coefficient (Wildman–Crippen LogP) is 19.0. The van der Waals surface area contributed by atoms with E-state index in [1.807, 2.05) is 0 Å². The molecule has 0 aliphatic carbocycles. The van der Waals surface area contributed by atoms with Crippen LogP contribution in [0.25, 0.3) is 0 Å². The van der Waals surface area contributed by atoms with Crippen molar-refractivity contribution in [2.75, 3.05) is 18.5 Å². The van der Waals surface area contributed by atoms with Gasteiger partial charge in [0.05, 0.1) is 0 Å². The van der Waals surface area contributed by atoms with Crippen molar-refractivity contribution in [3.05, 3.63) is 0 Å². The molecule has 3 atom stereocenters. The molecule has 0 heterocycles. The Labute approximate surface area is 414 Å². The van der Waals surface area contributed by atoms with Gasteiger partial charge in [0.15, 0.2) is 0 Å². The first-order chi connectivity index (χ1) is 30.8. The Balaban J connectivity index is -0.000000419. The third kappa shape index (κ3) is 79.8. The fourth-order valence-electron chi connectivity index (χ4n) is 8.37. The van der Waals surface area contributed by atoms with Crippen molar-refractivity contribution in [2.24, 2.45) is 0 Å². The van der Waals surface area contributed by atoms with Crippen molar-refractivity contribution in [1.29, 1.82) is 0 Å². The minimum absolute atomic E-state index is 0. The summed E-state index contributed by atoms with van der Waals surface area (Å²) in [4.78, 5) is 31.2. The molecule has 0 aromatic heterocycles. The second-order valence-electron chi connectivity index (χ2n) is 19.1. The molecule has 0 N–H and O–H groups in total. The van der Waals surface area contributed by atoms with Gasteiger partial charge in [-0.2, -0.15) is 0 Å². The van der Waals surface area contributed by atoms with Crippen LogP contribution in [-0.4, -0.2) is 18.5 Å². The summed E-state index contributed by atoms with van der Waals surface area (Å²) in [6.45, 7) is 6.82. The van der Waals surface area contributed by atoms with Crippen LogP contribution in [0.3, 0.4) is 0 Å². The molecule has 0 fully saturated rings. The summed E-state index contributed by atoms with van der Waals surface area (Å²) in [5.74, 6) is 0. The van der Waals surface area contributed by atoms with Crippen LogP contribution in [-0.2, 0) is 30.8 Å². The van der Waals surface area contributed by atoms with E-state index in [4.69, 9.17) is 0 Å². The van der Waals surface area contributed by atoms with Crippen molar-refractivity contribution in [1.82, 2.24) is 0 Å². The second-order valence-corrected chi connectivity index (χ2v) is 22.4. The summed E-state index contributed by atoms with van der Waals surface area (Å²) in [5, 5.41) is 0. The smallest absolute Gasteiger partial charge is 0.596 e. The van der Waals surface area contributed by atoms with E-state index in [9.17, 15) is 28.4 Å². The maximum Gasteiger partial charge on any atom is 3.00 e. The van der Waals surface area contributed by atoms with E-state index in [1.54, 1.807) is 0 Å². The summed E-state index contributed by atoms with van der Waals surface area (Å²) < 4.78 is 31.2. The summed E-state index contributed by atoms with van der Waals surface area (Å²) in [6.07, 6.45) is 65.0. The quantitative estimate of drug-likeness (QED) is 0.0340. The van der Waals surface area contributed by atoms with Gasteiger partial charge < -0.3 is 14.7 Å². The Hall–Kier alpha value is 0.699. The number of unbranched alkanes of at least 4 members (excludes halogenated alkanes) is 45. The molecule has 0 rings (SSSR count). The second kappa shape index (κ2) is 68.0. The first kappa shape index (κ1) is 71.3. The van der Waals surface area contributed by atoms with E-state index >= 15 is 0 Å². The SMILES string of the molecule is CCCCCCCCCCCCCCCCCC[P+](=O)[O-].CCCCCCCCCCCCCCCCCC[P+](=O)[O-].CCCCCCCCCCCCCCCCCC[P+](=O)[O-].[Fe+3]. The summed E-state index contributed by atoms with van der Waals surface area (Å²) in [7, 11) is -6.43. The van der Waals surface area contributed by atoms with Gasteiger partial charge in [-0.1, -0.05) is 304 Å². The Morgan fingerprint density at radius 2 is 0.297 bits per heavy atom. The number of rotatable bonds is 51. The average molecular weight is 1010 g/mol. The monoisotopic (exact) mass is 1000 g/mol. The van der Waals surface area contributed by atoms with E-state index in [2.05, 4.69) is 20.8 Å². The predicted molar refractivity (Wildman–Crippen MR) is 276 cm³/mol. The Bertz CT molecular complexity index is 775. The summed E-state index contributed by atoms with van der Waals surface area (Å²) >= 11 is 0. The van der Waals surface area contributed by atoms with Crippen LogP contribution in [0.15, 0.2) is 0 Å². The molecule has 6 nitrogen and oxygen atoms in total. The van der Waals surface area contributed by atoms with Gasteiger partial charge in [-0.15, -0.1) is 0 Å². The van der Waals surface area contributed by atoms with Crippen molar-refractivity contribution in [2.45, 2.75) is 329 Å². The van der Waals surface area contributed by atoms with Gasteiger partial charge in [0.25, 0.3) is 0 Å². The molecule has 10 heteroatoms. The summed E-state index contributed by atoms with van der Waals surface area (Å²) in [6, 6.07) is 0. The first-order valence-corrected chi connectivity index (χ1v) is 32.3. The van der Waals surface area contributed by atoms with Gasteiger partial charge >= 0.3 is 41.2 Å². The zero-order chi connectivity index (χ0) is 46.8. The van der Waals surface area contributed by atoms with Gasteiger partial charge in [-0.3, -0.25) is 0 Å². The van der Waals surface area contributed by atoms with E-state index < -0.39 is 24.1 Å². The molecule has 383 valence electrons. The largest absolute Gasteiger partial charge is 3.00 e. The Kier molecular flexibility index (Phi) is 75.7. The molecule has 0 amide bonds. The van der Waals surface area contributed by atoms with Crippen molar-refractivity contribution in [3.63, 3.8) is 0 Å². The molecule has 1 radical (unpaired) electrons. The molecule has 0 saturated heterocycles. The molecule has 0 spiro atoms. The number of hydrogen-bond donors (Lipinski definition) is 0. The van der Waals surface area contributed by atoms with Crippen molar-refractivity contribution >= 4 is 24.1 Å². The molecule has 0 aliphatic rings. The fraction of sp³-hybridized carbons (Fsp3) is 1.00. The number of hydrogen-bond acceptors (Lipinski definition) is 6. The fourth-order valence-corrected chi connectivity index (χ4v) is 9.81. The van der Waals surface area contributed by atoms with Crippen LogP contribution >= 0.6 is 24.1 Å². The van der Waals surface area contributed by atoms with Gasteiger partial charge in [0, 0.05) is 0 Å². The molecular weight excluding hydrogens is 893 g/mol. The van der Waals surface area contributed by atoms with Crippen molar-refractivity contribution in [3.8, 4) is 0 Å². The maximum atomic E-state index is 10.4. The van der Waals surface area contributed by atoms with Crippen LogP contribution in [0.4, 0.5) is 0 Å². The molecule has 64 heavy (non-hydrogen) atoms. The zero-order valence-corrected chi connectivity index (χ0v) is 47.0. The zero-order valence-electron chi connectivity index (χ0n) is 43.2. The molecule has 3 unspecified atom stereocenters. The molecule has 0 aromatic rings.